The van der Waals surface area contributed by atoms with E-state index in [-0.39, 0.29) is 7.43 Å². The van der Waals surface area contributed by atoms with Crippen molar-refractivity contribution >= 4 is 22.3 Å². The number of aryl methyl sites for hydroxylation is 1. The molecule has 0 saturated heterocycles. The number of benzene rings is 2. The largest absolute Gasteiger partial charge is 0.497 e. The van der Waals surface area contributed by atoms with Gasteiger partial charge in [0.05, 0.1) is 7.11 Å². The van der Waals surface area contributed by atoms with Gasteiger partial charge in [0.1, 0.15) is 18.6 Å². The van der Waals surface area contributed by atoms with Crippen LogP contribution in [0.5, 0.6) is 11.5 Å². The molecule has 0 aliphatic carbocycles. The van der Waals surface area contributed by atoms with Crippen LogP contribution in [0.15, 0.2) is 54.6 Å². The van der Waals surface area contributed by atoms with Gasteiger partial charge in [0.25, 0.3) is 0 Å². The van der Waals surface area contributed by atoms with Crippen LogP contribution in [0.3, 0.4) is 0 Å². The highest BCUT2D eigenvalue weighted by molar-refractivity contribution is 8.02. The molecule has 0 amide bonds. The van der Waals surface area contributed by atoms with Gasteiger partial charge in [-0.2, -0.15) is 0 Å². The van der Waals surface area contributed by atoms with Gasteiger partial charge in [-0.15, -0.1) is 0 Å². The van der Waals surface area contributed by atoms with E-state index in [1.807, 2.05) is 18.2 Å². The molecule has 0 saturated carbocycles. The van der Waals surface area contributed by atoms with Crippen LogP contribution in [0, 0.1) is 6.92 Å². The molecule has 0 fully saturated rings. The predicted octanol–water partition coefficient (Wildman–Crippen LogP) is 4.15. The Balaban J connectivity index is 0.000000425. The number of hydrogen-bond donors (Lipinski definition) is 0. The van der Waals surface area contributed by atoms with E-state index < -0.39 is 7.13 Å². The third-order valence-corrected chi connectivity index (χ3v) is 2.73. The highest BCUT2D eigenvalue weighted by Gasteiger charge is 2.07. The lowest BCUT2D eigenvalue weighted by atomic mass is 10.2. The third kappa shape index (κ3) is 9.04. The van der Waals surface area contributed by atoms with Gasteiger partial charge in [0, 0.05) is 6.07 Å². The second-order valence-electron chi connectivity index (χ2n) is 4.07. The highest BCUT2D eigenvalue weighted by atomic mass is 31.2. The van der Waals surface area contributed by atoms with Crippen LogP contribution in [0.2, 0.25) is 0 Å². The van der Waals surface area contributed by atoms with Crippen molar-refractivity contribution in [2.24, 2.45) is 0 Å². The summed E-state index contributed by atoms with van der Waals surface area (Å²) in [6.07, 6.45) is 0. The molecule has 2 rings (SSSR count). The van der Waals surface area contributed by atoms with Crippen LogP contribution in [0.25, 0.3) is 0 Å². The fourth-order valence-electron chi connectivity index (χ4n) is 1.36. The van der Waals surface area contributed by atoms with Gasteiger partial charge in [-0.1, -0.05) is 49.4 Å². The molecule has 2 aromatic rings. The Bertz CT molecular complexity index is 570. The van der Waals surface area contributed by atoms with Gasteiger partial charge >= 0.3 is 0 Å². The molecule has 0 spiro atoms. The Hall–Kier alpha value is -1.60. The molecule has 6 heteroatoms. The molecule has 0 unspecified atom stereocenters. The molecule has 0 aliphatic rings. The van der Waals surface area contributed by atoms with Crippen molar-refractivity contribution in [2.45, 2.75) is 14.4 Å². The van der Waals surface area contributed by atoms with Gasteiger partial charge in [-0.25, -0.2) is 0 Å². The Morgan fingerprint density at radius 2 is 1.52 bits per heavy atom. The first-order valence-electron chi connectivity index (χ1n) is 5.93. The number of rotatable bonds is 3. The zero-order valence-electron chi connectivity index (χ0n) is 11.5. The van der Waals surface area contributed by atoms with E-state index >= 15 is 0 Å². The van der Waals surface area contributed by atoms with Crippen LogP contribution < -0.4 is 9.26 Å². The molecule has 2 aromatic carbocycles. The third-order valence-electron chi connectivity index (χ3n) is 2.23. The van der Waals surface area contributed by atoms with E-state index in [0.29, 0.717) is 11.5 Å². The van der Waals surface area contributed by atoms with Gasteiger partial charge in [0.15, 0.2) is 0 Å². The van der Waals surface area contributed by atoms with Gasteiger partial charge < -0.3 is 13.8 Å². The number of hydrogen-bond acceptors (Lipinski definition) is 3. The summed E-state index contributed by atoms with van der Waals surface area (Å²) in [5, 5.41) is 0. The van der Waals surface area contributed by atoms with Crippen LogP contribution in [-0.4, -0.2) is 22.2 Å². The molecule has 0 aromatic heterocycles. The summed E-state index contributed by atoms with van der Waals surface area (Å²) < 4.78 is 20.6. The summed E-state index contributed by atoms with van der Waals surface area (Å²) in [5.74, 6) is 0.915. The van der Waals surface area contributed by atoms with Crippen LogP contribution in [0.1, 0.15) is 13.0 Å². The molecule has 21 heavy (non-hydrogen) atoms. The van der Waals surface area contributed by atoms with Crippen molar-refractivity contribution in [3.8, 4) is 11.5 Å². The summed E-state index contributed by atoms with van der Waals surface area (Å²) in [7, 11) is 8.10. The molecule has 3 nitrogen and oxygen atoms in total. The fourth-order valence-corrected chi connectivity index (χ4v) is 1.80. The van der Waals surface area contributed by atoms with Crippen LogP contribution in [-0.2, 0) is 4.57 Å². The molecule has 0 atom stereocenters. The lowest BCUT2D eigenvalue weighted by Gasteiger charge is -2.11. The smallest absolute Gasteiger partial charge is 0.203 e. The molecule has 0 N–H and O–H groups in total. The first-order chi connectivity index (χ1) is 9.40. The maximum absolute atomic E-state index is 10.9. The van der Waals surface area contributed by atoms with Gasteiger partial charge in [0.2, 0.25) is 15.1 Å². The summed E-state index contributed by atoms with van der Waals surface area (Å²) in [6, 6.07) is 16.8. The van der Waals surface area contributed by atoms with E-state index in [0.717, 1.165) is 0 Å². The van der Waals surface area contributed by atoms with Crippen LogP contribution >= 0.6 is 7.13 Å². The molecular weight excluding hydrogens is 281 g/mol. The lowest BCUT2D eigenvalue weighted by Crippen LogP contribution is -1.92. The number of methoxy groups -OCH3 is 1. The SMILES string of the molecule is C.Cc1ccccc1.[B]P([B])(=O)Oc1cccc(OC)c1. The summed E-state index contributed by atoms with van der Waals surface area (Å²) in [6.45, 7) is 2.08. The van der Waals surface area contributed by atoms with E-state index in [9.17, 15) is 4.57 Å². The van der Waals surface area contributed by atoms with Crippen molar-refractivity contribution < 1.29 is 13.8 Å². The van der Waals surface area contributed by atoms with E-state index in [1.165, 1.54) is 12.7 Å². The van der Waals surface area contributed by atoms with Gasteiger partial charge in [-0.05, 0) is 19.1 Å². The fraction of sp³-hybridized carbons (Fsp3) is 0.200. The number of ether oxygens (including phenoxy) is 1. The highest BCUT2D eigenvalue weighted by Crippen LogP contribution is 2.37. The van der Waals surface area contributed by atoms with Crippen molar-refractivity contribution in [2.75, 3.05) is 7.11 Å². The maximum Gasteiger partial charge on any atom is 0.203 e. The van der Waals surface area contributed by atoms with E-state index in [2.05, 4.69) is 19.1 Å². The molecule has 0 heterocycles. The minimum absolute atomic E-state index is 0. The van der Waals surface area contributed by atoms with Crippen LogP contribution in [0.4, 0.5) is 0 Å². The quantitative estimate of drug-likeness (QED) is 0.631. The second-order valence-corrected chi connectivity index (χ2v) is 5.54. The van der Waals surface area contributed by atoms with E-state index in [4.69, 9.17) is 24.4 Å². The van der Waals surface area contributed by atoms with Crippen molar-refractivity contribution in [3.63, 3.8) is 0 Å². The summed E-state index contributed by atoms with van der Waals surface area (Å²) >= 11 is 0. The zero-order valence-corrected chi connectivity index (χ0v) is 12.4. The molecular formula is C15H19B2O3P. The maximum atomic E-state index is 10.9. The minimum Gasteiger partial charge on any atom is -0.497 e. The Kier molecular flexibility index (Phi) is 8.64. The molecule has 108 valence electrons. The normalized spacial score (nSPS) is 9.62. The first kappa shape index (κ1) is 19.4. The Morgan fingerprint density at radius 1 is 0.952 bits per heavy atom. The Labute approximate surface area is 129 Å². The summed E-state index contributed by atoms with van der Waals surface area (Å²) in [5.41, 5.74) is 1.32. The Morgan fingerprint density at radius 3 is 1.95 bits per heavy atom. The predicted molar refractivity (Wildman–Crippen MR) is 90.6 cm³/mol. The average molecular weight is 300 g/mol. The van der Waals surface area contributed by atoms with Gasteiger partial charge in [-0.3, -0.25) is 0 Å². The topological polar surface area (TPSA) is 35.5 Å². The first-order valence-corrected chi connectivity index (χ1v) is 7.69. The van der Waals surface area contributed by atoms with Crippen molar-refractivity contribution in [3.05, 3.63) is 60.2 Å². The standard InChI is InChI=1S/C7H7B2O3P.C7H8.CH4/c1-11-6-3-2-4-7(5-6)12-13(8,9)10;1-7-5-3-2-4-6-7;/h2-5H,1H3;2-6H,1H3;1H4. The minimum atomic E-state index is -3.47. The van der Waals surface area contributed by atoms with Crippen molar-refractivity contribution in [1.82, 2.24) is 0 Å². The molecule has 0 bridgehead atoms. The second kappa shape index (κ2) is 9.36. The molecule has 0 aliphatic heterocycles. The lowest BCUT2D eigenvalue weighted by molar-refractivity contribution is 0.412. The van der Waals surface area contributed by atoms with Crippen molar-refractivity contribution in [1.29, 1.82) is 0 Å². The molecule has 4 radical (unpaired) electrons. The monoisotopic (exact) mass is 300 g/mol. The van der Waals surface area contributed by atoms with E-state index in [1.54, 1.807) is 24.3 Å². The average Bonchev–Trinajstić information content (AvgIpc) is 2.38. The zero-order chi connectivity index (χ0) is 15.0. The summed E-state index contributed by atoms with van der Waals surface area (Å²) in [4.78, 5) is 0.